The van der Waals surface area contributed by atoms with E-state index in [4.69, 9.17) is 9.47 Å². The molecule has 1 aromatic carbocycles. The normalized spacial score (nSPS) is 26.9. The summed E-state index contributed by atoms with van der Waals surface area (Å²) < 4.78 is 10.6. The molecule has 1 amide bonds. The van der Waals surface area contributed by atoms with Gasteiger partial charge in [0.05, 0.1) is 6.54 Å². The standard InChI is InChI=1S/C15H19N3O3/c19-15(8-18-6-10-4-16-5-11(10)7-18)17-12-1-2-13-14(3-12)21-9-20-13/h1-3,10-11,16H,4-9H2,(H,17,19). The van der Waals surface area contributed by atoms with Crippen LogP contribution in [0, 0.1) is 11.8 Å². The number of nitrogens with one attached hydrogen (secondary N) is 2. The Balaban J connectivity index is 1.34. The molecule has 1 aromatic rings. The fourth-order valence-electron chi connectivity index (χ4n) is 3.46. The Morgan fingerprint density at radius 3 is 2.81 bits per heavy atom. The lowest BCUT2D eigenvalue weighted by molar-refractivity contribution is -0.117. The zero-order valence-electron chi connectivity index (χ0n) is 11.8. The van der Waals surface area contributed by atoms with Crippen molar-refractivity contribution in [1.82, 2.24) is 10.2 Å². The van der Waals surface area contributed by atoms with Gasteiger partial charge in [0.2, 0.25) is 12.7 Å². The van der Waals surface area contributed by atoms with Crippen LogP contribution in [0.2, 0.25) is 0 Å². The topological polar surface area (TPSA) is 62.8 Å². The third-order valence-corrected chi connectivity index (χ3v) is 4.49. The molecule has 21 heavy (non-hydrogen) atoms. The highest BCUT2D eigenvalue weighted by molar-refractivity contribution is 5.92. The molecule has 6 nitrogen and oxygen atoms in total. The van der Waals surface area contributed by atoms with Gasteiger partial charge in [-0.2, -0.15) is 0 Å². The van der Waals surface area contributed by atoms with Gasteiger partial charge in [-0.1, -0.05) is 0 Å². The number of carbonyl (C=O) groups is 1. The molecule has 2 unspecified atom stereocenters. The van der Waals surface area contributed by atoms with Crippen molar-refractivity contribution in [2.24, 2.45) is 11.8 Å². The number of hydrogen-bond donors (Lipinski definition) is 2. The van der Waals surface area contributed by atoms with Crippen molar-refractivity contribution >= 4 is 11.6 Å². The Morgan fingerprint density at radius 2 is 2.00 bits per heavy atom. The number of carbonyl (C=O) groups excluding carboxylic acids is 1. The van der Waals surface area contributed by atoms with E-state index in [0.29, 0.717) is 24.1 Å². The lowest BCUT2D eigenvalue weighted by Gasteiger charge is -2.16. The third kappa shape index (κ3) is 2.56. The zero-order valence-corrected chi connectivity index (χ0v) is 11.8. The molecule has 0 saturated carbocycles. The fourth-order valence-corrected chi connectivity index (χ4v) is 3.46. The van der Waals surface area contributed by atoms with Crippen LogP contribution < -0.4 is 20.1 Å². The minimum Gasteiger partial charge on any atom is -0.454 e. The summed E-state index contributed by atoms with van der Waals surface area (Å²) in [5.74, 6) is 2.87. The minimum absolute atomic E-state index is 0.0294. The second kappa shape index (κ2) is 5.20. The van der Waals surface area contributed by atoms with Gasteiger partial charge >= 0.3 is 0 Å². The van der Waals surface area contributed by atoms with Crippen LogP contribution in [0.3, 0.4) is 0 Å². The number of hydrogen-bond acceptors (Lipinski definition) is 5. The summed E-state index contributed by atoms with van der Waals surface area (Å²) in [6, 6.07) is 5.47. The summed E-state index contributed by atoms with van der Waals surface area (Å²) in [6.07, 6.45) is 0. The molecule has 3 aliphatic rings. The number of nitrogens with zero attached hydrogens (tertiary/aromatic N) is 1. The smallest absolute Gasteiger partial charge is 0.238 e. The van der Waals surface area contributed by atoms with E-state index in [1.54, 1.807) is 0 Å². The number of anilines is 1. The van der Waals surface area contributed by atoms with Crippen molar-refractivity contribution in [2.75, 3.05) is 44.8 Å². The Bertz CT molecular complexity index is 551. The number of benzene rings is 1. The molecule has 4 rings (SSSR count). The largest absolute Gasteiger partial charge is 0.454 e. The van der Waals surface area contributed by atoms with Crippen molar-refractivity contribution in [1.29, 1.82) is 0 Å². The maximum atomic E-state index is 12.1. The van der Waals surface area contributed by atoms with Gasteiger partial charge in [0.15, 0.2) is 11.5 Å². The van der Waals surface area contributed by atoms with Crippen LogP contribution in [0.25, 0.3) is 0 Å². The van der Waals surface area contributed by atoms with E-state index < -0.39 is 0 Å². The molecule has 3 heterocycles. The molecule has 3 aliphatic heterocycles. The predicted octanol–water partition coefficient (Wildman–Crippen LogP) is 0.505. The predicted molar refractivity (Wildman–Crippen MR) is 77.5 cm³/mol. The van der Waals surface area contributed by atoms with E-state index in [0.717, 1.165) is 37.6 Å². The summed E-state index contributed by atoms with van der Waals surface area (Å²) in [6.45, 7) is 4.92. The maximum Gasteiger partial charge on any atom is 0.238 e. The third-order valence-electron chi connectivity index (χ3n) is 4.49. The number of likely N-dealkylation sites (tertiary alicyclic amines) is 1. The van der Waals surface area contributed by atoms with Gasteiger partial charge < -0.3 is 20.1 Å². The van der Waals surface area contributed by atoms with Crippen molar-refractivity contribution in [3.8, 4) is 11.5 Å². The number of fused-ring (bicyclic) bond motifs is 2. The second-order valence-electron chi connectivity index (χ2n) is 5.99. The molecule has 0 bridgehead atoms. The van der Waals surface area contributed by atoms with Crippen molar-refractivity contribution in [3.05, 3.63) is 18.2 Å². The molecule has 112 valence electrons. The number of amides is 1. The van der Waals surface area contributed by atoms with Crippen LogP contribution >= 0.6 is 0 Å². The Kier molecular flexibility index (Phi) is 3.20. The highest BCUT2D eigenvalue weighted by Gasteiger charge is 2.36. The van der Waals surface area contributed by atoms with Crippen molar-refractivity contribution in [2.45, 2.75) is 0 Å². The molecular weight excluding hydrogens is 270 g/mol. The molecule has 0 spiro atoms. The Hall–Kier alpha value is -1.79. The Labute approximate surface area is 123 Å². The molecular formula is C15H19N3O3. The van der Waals surface area contributed by atoms with Crippen LogP contribution in [-0.4, -0.2) is 50.3 Å². The zero-order chi connectivity index (χ0) is 14.2. The van der Waals surface area contributed by atoms with Crippen LogP contribution in [0.1, 0.15) is 0 Å². The SMILES string of the molecule is O=C(CN1CC2CNCC2C1)Nc1ccc2c(c1)OCO2. The van der Waals surface area contributed by atoms with Crippen molar-refractivity contribution in [3.63, 3.8) is 0 Å². The first-order valence-electron chi connectivity index (χ1n) is 7.40. The van der Waals surface area contributed by atoms with Crippen LogP contribution in [0.4, 0.5) is 5.69 Å². The summed E-state index contributed by atoms with van der Waals surface area (Å²) in [7, 11) is 0. The lowest BCUT2D eigenvalue weighted by atomic mass is 10.0. The molecule has 0 radical (unpaired) electrons. The number of ether oxygens (including phenoxy) is 2. The first kappa shape index (κ1) is 12.9. The summed E-state index contributed by atoms with van der Waals surface area (Å²) in [5.41, 5.74) is 0.755. The van der Waals surface area contributed by atoms with Gasteiger partial charge in [-0.3, -0.25) is 9.69 Å². The quantitative estimate of drug-likeness (QED) is 0.849. The van der Waals surface area contributed by atoms with Gasteiger partial charge in [-0.05, 0) is 37.1 Å². The first-order chi connectivity index (χ1) is 10.3. The van der Waals surface area contributed by atoms with Gasteiger partial charge in [-0.25, -0.2) is 0 Å². The minimum atomic E-state index is 0.0294. The van der Waals surface area contributed by atoms with Crippen LogP contribution in [0.5, 0.6) is 11.5 Å². The highest BCUT2D eigenvalue weighted by atomic mass is 16.7. The molecule has 2 atom stereocenters. The van der Waals surface area contributed by atoms with Crippen LogP contribution in [0.15, 0.2) is 18.2 Å². The summed E-state index contributed by atoms with van der Waals surface area (Å²) in [4.78, 5) is 14.4. The van der Waals surface area contributed by atoms with Crippen molar-refractivity contribution < 1.29 is 14.3 Å². The molecule has 0 aromatic heterocycles. The van der Waals surface area contributed by atoms with E-state index >= 15 is 0 Å². The molecule has 0 aliphatic carbocycles. The lowest BCUT2D eigenvalue weighted by Crippen LogP contribution is -2.33. The van der Waals surface area contributed by atoms with E-state index in [1.165, 1.54) is 0 Å². The molecule has 2 fully saturated rings. The monoisotopic (exact) mass is 289 g/mol. The molecule has 2 saturated heterocycles. The average molecular weight is 289 g/mol. The Morgan fingerprint density at radius 1 is 1.24 bits per heavy atom. The van der Waals surface area contributed by atoms with Gasteiger partial charge in [0.1, 0.15) is 0 Å². The van der Waals surface area contributed by atoms with Gasteiger partial charge in [0.25, 0.3) is 0 Å². The van der Waals surface area contributed by atoms with E-state index in [2.05, 4.69) is 15.5 Å². The van der Waals surface area contributed by atoms with E-state index in [-0.39, 0.29) is 12.7 Å². The van der Waals surface area contributed by atoms with Gasteiger partial charge in [-0.15, -0.1) is 0 Å². The fraction of sp³-hybridized carbons (Fsp3) is 0.533. The van der Waals surface area contributed by atoms with E-state index in [9.17, 15) is 4.79 Å². The van der Waals surface area contributed by atoms with Gasteiger partial charge in [0, 0.05) is 24.8 Å². The van der Waals surface area contributed by atoms with Crippen LogP contribution in [-0.2, 0) is 4.79 Å². The van der Waals surface area contributed by atoms with E-state index in [1.807, 2.05) is 18.2 Å². The number of rotatable bonds is 3. The summed E-state index contributed by atoms with van der Waals surface area (Å²) in [5, 5.41) is 6.34. The molecule has 6 heteroatoms. The molecule has 2 N–H and O–H groups in total. The maximum absolute atomic E-state index is 12.1. The first-order valence-corrected chi connectivity index (χ1v) is 7.40. The highest BCUT2D eigenvalue weighted by Crippen LogP contribution is 2.34. The second-order valence-corrected chi connectivity index (χ2v) is 5.99. The summed E-state index contributed by atoms with van der Waals surface area (Å²) >= 11 is 0. The average Bonchev–Trinajstić information content (AvgIpc) is 3.12.